The average Bonchev–Trinajstić information content (AvgIpc) is 2.57. The van der Waals surface area contributed by atoms with Gasteiger partial charge < -0.3 is 9.84 Å². The van der Waals surface area contributed by atoms with Gasteiger partial charge in [0.1, 0.15) is 11.6 Å². The molecular weight excluding hydrogens is 309 g/mol. The summed E-state index contributed by atoms with van der Waals surface area (Å²) in [4.78, 5) is 14.0. The zero-order valence-corrected chi connectivity index (χ0v) is 13.3. The van der Waals surface area contributed by atoms with Gasteiger partial charge in [0.25, 0.3) is 0 Å². The third-order valence-corrected chi connectivity index (χ3v) is 4.41. The van der Waals surface area contributed by atoms with Gasteiger partial charge in [-0.2, -0.15) is 0 Å². The lowest BCUT2D eigenvalue weighted by Crippen LogP contribution is -2.53. The van der Waals surface area contributed by atoms with E-state index in [-0.39, 0.29) is 5.75 Å². The van der Waals surface area contributed by atoms with Crippen LogP contribution in [-0.2, 0) is 11.3 Å². The standard InChI is InChI=1S/C19H20FNO3/c20-16-7-4-8-17(13-16)24-19(18(22)23)9-11-21(12-10-19)14-15-5-2-1-3-6-15/h1-8,13H,9-12,14H2,(H,22,23). The van der Waals surface area contributed by atoms with Crippen LogP contribution in [0.4, 0.5) is 4.39 Å². The number of hydrogen-bond acceptors (Lipinski definition) is 3. The van der Waals surface area contributed by atoms with E-state index < -0.39 is 17.4 Å². The Hall–Kier alpha value is -2.40. The predicted octanol–water partition coefficient (Wildman–Crippen LogP) is 3.32. The molecule has 0 unspecified atom stereocenters. The summed E-state index contributed by atoms with van der Waals surface area (Å²) in [6.07, 6.45) is 0.733. The summed E-state index contributed by atoms with van der Waals surface area (Å²) >= 11 is 0. The Morgan fingerprint density at radius 2 is 1.83 bits per heavy atom. The number of ether oxygens (including phenoxy) is 1. The van der Waals surface area contributed by atoms with E-state index in [4.69, 9.17) is 4.74 Å². The van der Waals surface area contributed by atoms with Crippen molar-refractivity contribution in [2.45, 2.75) is 25.0 Å². The van der Waals surface area contributed by atoms with Crippen molar-refractivity contribution >= 4 is 5.97 Å². The van der Waals surface area contributed by atoms with Gasteiger partial charge in [-0.05, 0) is 17.7 Å². The van der Waals surface area contributed by atoms with Crippen LogP contribution in [0.15, 0.2) is 54.6 Å². The van der Waals surface area contributed by atoms with Crippen molar-refractivity contribution in [2.75, 3.05) is 13.1 Å². The van der Waals surface area contributed by atoms with E-state index in [0.29, 0.717) is 25.9 Å². The maximum atomic E-state index is 13.3. The highest BCUT2D eigenvalue weighted by atomic mass is 19.1. The molecule has 1 fully saturated rings. The number of hydrogen-bond donors (Lipinski definition) is 1. The van der Waals surface area contributed by atoms with Crippen molar-refractivity contribution in [1.82, 2.24) is 4.90 Å². The molecular formula is C19H20FNO3. The zero-order valence-electron chi connectivity index (χ0n) is 13.3. The lowest BCUT2D eigenvalue weighted by Gasteiger charge is -2.38. The van der Waals surface area contributed by atoms with E-state index in [1.165, 1.54) is 23.8 Å². The minimum Gasteiger partial charge on any atom is -0.478 e. The van der Waals surface area contributed by atoms with Crippen LogP contribution in [-0.4, -0.2) is 34.7 Å². The van der Waals surface area contributed by atoms with Gasteiger partial charge in [-0.1, -0.05) is 36.4 Å². The number of nitrogens with zero attached hydrogens (tertiary/aromatic N) is 1. The van der Waals surface area contributed by atoms with Crippen molar-refractivity contribution < 1.29 is 19.0 Å². The van der Waals surface area contributed by atoms with Crippen molar-refractivity contribution in [3.63, 3.8) is 0 Å². The molecule has 3 rings (SSSR count). The van der Waals surface area contributed by atoms with Crippen LogP contribution in [0.3, 0.4) is 0 Å². The second-order valence-electron chi connectivity index (χ2n) is 6.12. The highest BCUT2D eigenvalue weighted by Gasteiger charge is 2.44. The summed E-state index contributed by atoms with van der Waals surface area (Å²) in [6, 6.07) is 15.7. The third-order valence-electron chi connectivity index (χ3n) is 4.41. The Balaban J connectivity index is 1.67. The fourth-order valence-corrected chi connectivity index (χ4v) is 3.03. The first kappa shape index (κ1) is 16.5. The SMILES string of the molecule is O=C(O)C1(Oc2cccc(F)c2)CCN(Cc2ccccc2)CC1. The van der Waals surface area contributed by atoms with Crippen molar-refractivity contribution in [3.05, 3.63) is 66.0 Å². The first-order valence-electron chi connectivity index (χ1n) is 8.02. The minimum atomic E-state index is -1.29. The largest absolute Gasteiger partial charge is 0.478 e. The molecule has 126 valence electrons. The molecule has 0 aromatic heterocycles. The molecule has 24 heavy (non-hydrogen) atoms. The van der Waals surface area contributed by atoms with Crippen molar-refractivity contribution in [3.8, 4) is 5.75 Å². The molecule has 4 nitrogen and oxygen atoms in total. The molecule has 0 atom stereocenters. The number of piperidine rings is 1. The van der Waals surface area contributed by atoms with E-state index in [2.05, 4.69) is 17.0 Å². The van der Waals surface area contributed by atoms with Gasteiger partial charge in [-0.3, -0.25) is 4.90 Å². The van der Waals surface area contributed by atoms with Gasteiger partial charge in [0.15, 0.2) is 0 Å². The van der Waals surface area contributed by atoms with Gasteiger partial charge in [-0.15, -0.1) is 0 Å². The number of carbonyl (C=O) groups is 1. The number of halogens is 1. The lowest BCUT2D eigenvalue weighted by atomic mass is 9.90. The van der Waals surface area contributed by atoms with E-state index in [1.807, 2.05) is 18.2 Å². The van der Waals surface area contributed by atoms with Crippen LogP contribution in [0.25, 0.3) is 0 Å². The van der Waals surface area contributed by atoms with Crippen LogP contribution in [0.2, 0.25) is 0 Å². The highest BCUT2D eigenvalue weighted by Crippen LogP contribution is 2.30. The maximum Gasteiger partial charge on any atom is 0.348 e. The minimum absolute atomic E-state index is 0.258. The topological polar surface area (TPSA) is 49.8 Å². The number of carboxylic acids is 1. The summed E-state index contributed by atoms with van der Waals surface area (Å²) in [5, 5.41) is 9.66. The van der Waals surface area contributed by atoms with Crippen LogP contribution in [0.5, 0.6) is 5.75 Å². The number of rotatable bonds is 5. The molecule has 1 N–H and O–H groups in total. The quantitative estimate of drug-likeness (QED) is 0.914. The maximum absolute atomic E-state index is 13.3. The lowest BCUT2D eigenvalue weighted by molar-refractivity contribution is -0.159. The molecule has 0 amide bonds. The van der Waals surface area contributed by atoms with Crippen LogP contribution < -0.4 is 4.74 Å². The molecule has 0 aliphatic carbocycles. The van der Waals surface area contributed by atoms with Crippen LogP contribution in [0, 0.1) is 5.82 Å². The van der Waals surface area contributed by atoms with Crippen LogP contribution >= 0.6 is 0 Å². The number of likely N-dealkylation sites (tertiary alicyclic amines) is 1. The molecule has 1 aliphatic rings. The van der Waals surface area contributed by atoms with E-state index in [1.54, 1.807) is 6.07 Å². The smallest absolute Gasteiger partial charge is 0.348 e. The number of aliphatic carboxylic acids is 1. The van der Waals surface area contributed by atoms with Crippen molar-refractivity contribution in [2.24, 2.45) is 0 Å². The molecule has 5 heteroatoms. The number of carboxylic acid groups (broad SMARTS) is 1. The number of benzene rings is 2. The van der Waals surface area contributed by atoms with Gasteiger partial charge in [0, 0.05) is 38.5 Å². The van der Waals surface area contributed by atoms with Gasteiger partial charge in [-0.25, -0.2) is 9.18 Å². The molecule has 0 radical (unpaired) electrons. The highest BCUT2D eigenvalue weighted by molar-refractivity contribution is 5.78. The Bertz CT molecular complexity index is 697. The molecule has 2 aromatic carbocycles. The first-order chi connectivity index (χ1) is 11.6. The first-order valence-corrected chi connectivity index (χ1v) is 8.02. The summed E-state index contributed by atoms with van der Waals surface area (Å²) in [5.74, 6) is -1.17. The molecule has 2 aromatic rings. The Morgan fingerprint density at radius 3 is 2.46 bits per heavy atom. The average molecular weight is 329 g/mol. The Kier molecular flexibility index (Phi) is 4.81. The summed E-state index contributed by atoms with van der Waals surface area (Å²) in [6.45, 7) is 2.03. The van der Waals surface area contributed by atoms with E-state index in [9.17, 15) is 14.3 Å². The monoisotopic (exact) mass is 329 g/mol. The van der Waals surface area contributed by atoms with E-state index in [0.717, 1.165) is 6.54 Å². The third kappa shape index (κ3) is 3.74. The Labute approximate surface area is 140 Å². The Morgan fingerprint density at radius 1 is 1.12 bits per heavy atom. The van der Waals surface area contributed by atoms with Gasteiger partial charge in [0.05, 0.1) is 0 Å². The summed E-state index contributed by atoms with van der Waals surface area (Å²) < 4.78 is 19.0. The molecule has 1 saturated heterocycles. The van der Waals surface area contributed by atoms with E-state index >= 15 is 0 Å². The van der Waals surface area contributed by atoms with Gasteiger partial charge >= 0.3 is 5.97 Å². The summed E-state index contributed by atoms with van der Waals surface area (Å²) in [7, 11) is 0. The van der Waals surface area contributed by atoms with Crippen LogP contribution in [0.1, 0.15) is 18.4 Å². The second-order valence-corrected chi connectivity index (χ2v) is 6.12. The fourth-order valence-electron chi connectivity index (χ4n) is 3.03. The molecule has 0 spiro atoms. The fraction of sp³-hybridized carbons (Fsp3) is 0.316. The molecule has 1 heterocycles. The molecule has 1 aliphatic heterocycles. The molecule has 0 saturated carbocycles. The normalized spacial score (nSPS) is 17.4. The predicted molar refractivity (Wildman–Crippen MR) is 88.3 cm³/mol. The van der Waals surface area contributed by atoms with Gasteiger partial charge in [0.2, 0.25) is 5.60 Å². The zero-order chi connectivity index (χ0) is 17.0. The molecule has 0 bridgehead atoms. The summed E-state index contributed by atoms with van der Waals surface area (Å²) in [5.41, 5.74) is -0.0903. The van der Waals surface area contributed by atoms with Crippen molar-refractivity contribution in [1.29, 1.82) is 0 Å². The second kappa shape index (κ2) is 7.01.